The van der Waals surface area contributed by atoms with E-state index in [9.17, 15) is 4.79 Å². The van der Waals surface area contributed by atoms with E-state index in [0.29, 0.717) is 29.1 Å². The topological polar surface area (TPSA) is 83.0 Å². The summed E-state index contributed by atoms with van der Waals surface area (Å²) in [5, 5.41) is 0. The molecular formula is C18H22N4O2. The number of ether oxygens (including phenoxy) is 1. The van der Waals surface area contributed by atoms with Crippen LogP contribution < -0.4 is 5.73 Å². The molecule has 0 aliphatic rings. The van der Waals surface area contributed by atoms with Crippen molar-refractivity contribution in [2.24, 2.45) is 0 Å². The predicted octanol–water partition coefficient (Wildman–Crippen LogP) is 3.53. The summed E-state index contributed by atoms with van der Waals surface area (Å²) in [6, 6.07) is 7.58. The van der Waals surface area contributed by atoms with Crippen LogP contribution in [0.25, 0.3) is 22.2 Å². The first-order valence-electron chi connectivity index (χ1n) is 8.32. The van der Waals surface area contributed by atoms with Gasteiger partial charge in [-0.05, 0) is 31.9 Å². The van der Waals surface area contributed by atoms with E-state index in [-0.39, 0.29) is 6.10 Å². The van der Waals surface area contributed by atoms with Crippen molar-refractivity contribution in [1.29, 1.82) is 0 Å². The van der Waals surface area contributed by atoms with Crippen molar-refractivity contribution in [3.05, 3.63) is 29.8 Å². The summed E-state index contributed by atoms with van der Waals surface area (Å²) in [7, 11) is 0. The summed E-state index contributed by atoms with van der Waals surface area (Å²) < 4.78 is 7.33. The third-order valence-corrected chi connectivity index (χ3v) is 4.13. The Morgan fingerprint density at radius 3 is 2.54 bits per heavy atom. The van der Waals surface area contributed by atoms with Crippen molar-refractivity contribution >= 4 is 34.0 Å². The lowest BCUT2D eigenvalue weighted by molar-refractivity contribution is 0.0338. The van der Waals surface area contributed by atoms with Crippen LogP contribution in [0.1, 0.15) is 44.0 Å². The standard InChI is InChI=1S/C18H22N4O2/c1-4-10-22-16(19)14(18(23)24-11(3)5-2)15-17(22)21-13-9-7-6-8-12(13)20-15/h6-9,11H,4-5,10,19H2,1-3H3/t11-/m0/s1. The first kappa shape index (κ1) is 16.2. The van der Waals surface area contributed by atoms with Gasteiger partial charge in [0.1, 0.15) is 16.9 Å². The quantitative estimate of drug-likeness (QED) is 0.725. The second kappa shape index (κ2) is 6.47. The third kappa shape index (κ3) is 2.68. The number of nitrogens with zero attached hydrogens (tertiary/aromatic N) is 3. The molecule has 3 rings (SSSR count). The Morgan fingerprint density at radius 1 is 1.25 bits per heavy atom. The zero-order valence-corrected chi connectivity index (χ0v) is 14.2. The average Bonchev–Trinajstić information content (AvgIpc) is 2.84. The zero-order valence-electron chi connectivity index (χ0n) is 14.2. The molecule has 0 saturated carbocycles. The average molecular weight is 326 g/mol. The molecule has 0 saturated heterocycles. The molecule has 0 amide bonds. The molecule has 0 fully saturated rings. The number of carbonyl (C=O) groups is 1. The Morgan fingerprint density at radius 2 is 1.92 bits per heavy atom. The lowest BCUT2D eigenvalue weighted by Gasteiger charge is -2.10. The van der Waals surface area contributed by atoms with Gasteiger partial charge in [-0.25, -0.2) is 14.8 Å². The lowest BCUT2D eigenvalue weighted by atomic mass is 10.2. The van der Waals surface area contributed by atoms with Gasteiger partial charge in [0.25, 0.3) is 0 Å². The molecule has 6 heteroatoms. The number of rotatable bonds is 5. The summed E-state index contributed by atoms with van der Waals surface area (Å²) >= 11 is 0. The second-order valence-electron chi connectivity index (χ2n) is 5.92. The van der Waals surface area contributed by atoms with Gasteiger partial charge in [0, 0.05) is 6.54 Å². The van der Waals surface area contributed by atoms with Crippen LogP contribution in [-0.4, -0.2) is 26.6 Å². The summed E-state index contributed by atoms with van der Waals surface area (Å²) in [5.74, 6) is -0.0678. The van der Waals surface area contributed by atoms with E-state index in [1.165, 1.54) is 0 Å². The van der Waals surface area contributed by atoms with Gasteiger partial charge in [0.2, 0.25) is 0 Å². The lowest BCUT2D eigenvalue weighted by Crippen LogP contribution is -2.15. The number of para-hydroxylation sites is 2. The van der Waals surface area contributed by atoms with Crippen LogP contribution >= 0.6 is 0 Å². The van der Waals surface area contributed by atoms with E-state index in [4.69, 9.17) is 10.5 Å². The molecule has 0 bridgehead atoms. The Labute approximate surface area is 140 Å². The number of hydrogen-bond donors (Lipinski definition) is 1. The van der Waals surface area contributed by atoms with Gasteiger partial charge in [-0.3, -0.25) is 0 Å². The van der Waals surface area contributed by atoms with E-state index in [1.54, 1.807) is 0 Å². The fourth-order valence-electron chi connectivity index (χ4n) is 2.69. The first-order chi connectivity index (χ1) is 11.6. The highest BCUT2D eigenvalue weighted by Gasteiger charge is 2.25. The van der Waals surface area contributed by atoms with Crippen molar-refractivity contribution < 1.29 is 9.53 Å². The molecule has 0 spiro atoms. The molecule has 24 heavy (non-hydrogen) atoms. The molecule has 0 radical (unpaired) electrons. The van der Waals surface area contributed by atoms with Crippen LogP contribution in [0, 0.1) is 0 Å². The van der Waals surface area contributed by atoms with Crippen molar-refractivity contribution in [2.45, 2.75) is 46.3 Å². The minimum absolute atomic E-state index is 0.171. The fourth-order valence-corrected chi connectivity index (χ4v) is 2.69. The van der Waals surface area contributed by atoms with Gasteiger partial charge in [-0.2, -0.15) is 0 Å². The maximum Gasteiger partial charge on any atom is 0.344 e. The summed E-state index contributed by atoms with van der Waals surface area (Å²) in [6.45, 7) is 6.55. The van der Waals surface area contributed by atoms with E-state index in [2.05, 4.69) is 16.9 Å². The number of anilines is 1. The van der Waals surface area contributed by atoms with Crippen molar-refractivity contribution in [2.75, 3.05) is 5.73 Å². The predicted molar refractivity (Wildman–Crippen MR) is 94.9 cm³/mol. The fraction of sp³-hybridized carbons (Fsp3) is 0.389. The van der Waals surface area contributed by atoms with Crippen LogP contribution in [0.5, 0.6) is 0 Å². The van der Waals surface area contributed by atoms with Gasteiger partial charge in [-0.1, -0.05) is 26.0 Å². The molecule has 126 valence electrons. The molecule has 1 atom stereocenters. The maximum absolute atomic E-state index is 12.6. The molecule has 0 aliphatic carbocycles. The van der Waals surface area contributed by atoms with Crippen molar-refractivity contribution in [1.82, 2.24) is 14.5 Å². The number of carbonyl (C=O) groups excluding carboxylic acids is 1. The van der Waals surface area contributed by atoms with E-state index in [1.807, 2.05) is 42.7 Å². The number of benzene rings is 1. The SMILES string of the molecule is CCCn1c(N)c(C(=O)O[C@@H](C)CC)c2nc3ccccc3nc21. The summed E-state index contributed by atoms with van der Waals surface area (Å²) in [4.78, 5) is 21.9. The number of esters is 1. The van der Waals surface area contributed by atoms with Crippen LogP contribution in [-0.2, 0) is 11.3 Å². The van der Waals surface area contributed by atoms with E-state index < -0.39 is 5.97 Å². The molecule has 0 unspecified atom stereocenters. The number of aryl methyl sites for hydroxylation is 1. The molecular weight excluding hydrogens is 304 g/mol. The minimum Gasteiger partial charge on any atom is -0.459 e. The normalized spacial score (nSPS) is 12.6. The van der Waals surface area contributed by atoms with Crippen LogP contribution in [0.4, 0.5) is 5.82 Å². The number of hydrogen-bond acceptors (Lipinski definition) is 5. The molecule has 2 aromatic heterocycles. The summed E-state index contributed by atoms with van der Waals surface area (Å²) in [6.07, 6.45) is 1.45. The smallest absolute Gasteiger partial charge is 0.344 e. The van der Waals surface area contributed by atoms with Gasteiger partial charge >= 0.3 is 5.97 Å². The molecule has 6 nitrogen and oxygen atoms in total. The van der Waals surface area contributed by atoms with E-state index in [0.717, 1.165) is 23.9 Å². The Hall–Kier alpha value is -2.63. The molecule has 2 heterocycles. The second-order valence-corrected chi connectivity index (χ2v) is 5.92. The number of fused-ring (bicyclic) bond motifs is 2. The van der Waals surface area contributed by atoms with Crippen LogP contribution in [0.15, 0.2) is 24.3 Å². The number of nitrogens with two attached hydrogens (primary N) is 1. The number of aromatic nitrogens is 3. The molecule has 2 N–H and O–H groups in total. The van der Waals surface area contributed by atoms with Gasteiger partial charge < -0.3 is 15.0 Å². The Bertz CT molecular complexity index is 901. The summed E-state index contributed by atoms with van der Waals surface area (Å²) in [5.41, 5.74) is 9.23. The zero-order chi connectivity index (χ0) is 17.3. The van der Waals surface area contributed by atoms with Crippen LogP contribution in [0.3, 0.4) is 0 Å². The largest absolute Gasteiger partial charge is 0.459 e. The highest BCUT2D eigenvalue weighted by Crippen LogP contribution is 2.29. The van der Waals surface area contributed by atoms with Gasteiger partial charge in [0.05, 0.1) is 17.1 Å². The maximum atomic E-state index is 12.6. The van der Waals surface area contributed by atoms with Crippen molar-refractivity contribution in [3.63, 3.8) is 0 Å². The monoisotopic (exact) mass is 326 g/mol. The van der Waals surface area contributed by atoms with Gasteiger partial charge in [-0.15, -0.1) is 0 Å². The number of nitrogen functional groups attached to an aromatic ring is 1. The van der Waals surface area contributed by atoms with Crippen LogP contribution in [0.2, 0.25) is 0 Å². The third-order valence-electron chi connectivity index (χ3n) is 4.13. The van der Waals surface area contributed by atoms with E-state index >= 15 is 0 Å². The molecule has 0 aliphatic heterocycles. The van der Waals surface area contributed by atoms with Crippen molar-refractivity contribution in [3.8, 4) is 0 Å². The highest BCUT2D eigenvalue weighted by atomic mass is 16.5. The minimum atomic E-state index is -0.439. The first-order valence-corrected chi connectivity index (χ1v) is 8.32. The Balaban J connectivity index is 2.25. The molecule has 1 aromatic carbocycles. The molecule has 3 aromatic rings. The van der Waals surface area contributed by atoms with Gasteiger partial charge in [0.15, 0.2) is 5.65 Å². The highest BCUT2D eigenvalue weighted by molar-refractivity contribution is 6.08. The Kier molecular flexibility index (Phi) is 4.38.